The summed E-state index contributed by atoms with van der Waals surface area (Å²) < 4.78 is 32.6. The Morgan fingerprint density at radius 2 is 1.89 bits per heavy atom. The summed E-state index contributed by atoms with van der Waals surface area (Å²) in [4.78, 5) is 19.2. The molecular formula is C20H15ClF2N2O3. The van der Waals surface area contributed by atoms with Crippen molar-refractivity contribution in [3.63, 3.8) is 0 Å². The van der Waals surface area contributed by atoms with Crippen LogP contribution in [-0.4, -0.2) is 21.0 Å². The zero-order chi connectivity index (χ0) is 20.3. The van der Waals surface area contributed by atoms with Crippen molar-refractivity contribution in [3.8, 4) is 5.88 Å². The highest BCUT2D eigenvalue weighted by molar-refractivity contribution is 6.31. The summed E-state index contributed by atoms with van der Waals surface area (Å²) in [6.07, 6.45) is 0.298. The highest BCUT2D eigenvalue weighted by atomic mass is 35.5. The zero-order valence-electron chi connectivity index (χ0n) is 14.7. The number of aromatic nitrogens is 2. The lowest BCUT2D eigenvalue weighted by Gasteiger charge is -2.14. The number of aryl methyl sites for hydroxylation is 1. The summed E-state index contributed by atoms with van der Waals surface area (Å²) >= 11 is 6.21. The van der Waals surface area contributed by atoms with Crippen LogP contribution in [0, 0.1) is 18.6 Å². The van der Waals surface area contributed by atoms with E-state index in [2.05, 4.69) is 9.97 Å². The van der Waals surface area contributed by atoms with Crippen LogP contribution in [0.4, 0.5) is 8.78 Å². The summed E-state index contributed by atoms with van der Waals surface area (Å²) in [6, 6.07) is 10.3. The first-order valence-corrected chi connectivity index (χ1v) is 8.64. The molecule has 1 heterocycles. The molecule has 0 spiro atoms. The standard InChI is InChI=1S/C20H15ClF2N2O3/c1-11-15(8-12-4-2-3-5-16(12)21)19(25-18(24-11)20(26)27)28-10-13-6-7-14(22)9-17(13)23/h2-7,9H,8,10H2,1H3,(H,26,27). The number of benzene rings is 2. The van der Waals surface area contributed by atoms with Crippen LogP contribution in [0.1, 0.15) is 33.0 Å². The molecule has 144 valence electrons. The molecule has 0 aliphatic carbocycles. The molecule has 0 radical (unpaired) electrons. The molecule has 3 aromatic rings. The molecule has 28 heavy (non-hydrogen) atoms. The number of carbonyl (C=O) groups is 1. The third kappa shape index (κ3) is 4.43. The number of aromatic carboxylic acids is 1. The number of ether oxygens (including phenoxy) is 1. The van der Waals surface area contributed by atoms with Crippen molar-refractivity contribution in [2.24, 2.45) is 0 Å². The Balaban J connectivity index is 1.96. The highest BCUT2D eigenvalue weighted by Gasteiger charge is 2.19. The maximum atomic E-state index is 13.9. The van der Waals surface area contributed by atoms with Gasteiger partial charge < -0.3 is 9.84 Å². The summed E-state index contributed by atoms with van der Waals surface area (Å²) in [5.41, 5.74) is 1.82. The summed E-state index contributed by atoms with van der Waals surface area (Å²) in [6.45, 7) is 1.38. The third-order valence-corrected chi connectivity index (χ3v) is 4.44. The van der Waals surface area contributed by atoms with Crippen LogP contribution in [-0.2, 0) is 13.0 Å². The van der Waals surface area contributed by atoms with Crippen LogP contribution in [0.15, 0.2) is 42.5 Å². The molecule has 2 aromatic carbocycles. The van der Waals surface area contributed by atoms with Crippen molar-refractivity contribution in [2.75, 3.05) is 0 Å². The molecule has 1 aromatic heterocycles. The SMILES string of the molecule is Cc1nc(C(=O)O)nc(OCc2ccc(F)cc2F)c1Cc1ccccc1Cl. The third-order valence-electron chi connectivity index (χ3n) is 4.07. The van der Waals surface area contributed by atoms with Crippen LogP contribution < -0.4 is 4.74 Å². The molecule has 0 amide bonds. The fraction of sp³-hybridized carbons (Fsp3) is 0.150. The van der Waals surface area contributed by atoms with Gasteiger partial charge in [-0.05, 0) is 30.7 Å². The van der Waals surface area contributed by atoms with Crippen LogP contribution in [0.5, 0.6) is 5.88 Å². The molecule has 1 N–H and O–H groups in total. The number of hydrogen-bond acceptors (Lipinski definition) is 4. The van der Waals surface area contributed by atoms with Crippen LogP contribution in [0.2, 0.25) is 5.02 Å². The average molecular weight is 405 g/mol. The predicted molar refractivity (Wildman–Crippen MR) is 98.7 cm³/mol. The second-order valence-electron chi connectivity index (χ2n) is 6.01. The van der Waals surface area contributed by atoms with Crippen LogP contribution >= 0.6 is 11.6 Å². The molecule has 3 rings (SSSR count). The maximum absolute atomic E-state index is 13.9. The molecule has 0 unspecified atom stereocenters. The molecule has 5 nitrogen and oxygen atoms in total. The number of halogens is 3. The minimum Gasteiger partial charge on any atom is -0.475 e. The van der Waals surface area contributed by atoms with Gasteiger partial charge >= 0.3 is 5.97 Å². The molecule has 0 fully saturated rings. The van der Waals surface area contributed by atoms with E-state index in [0.29, 0.717) is 22.7 Å². The topological polar surface area (TPSA) is 72.3 Å². The van der Waals surface area contributed by atoms with Gasteiger partial charge in [0.25, 0.3) is 0 Å². The predicted octanol–water partition coefficient (Wildman–Crippen LogP) is 4.58. The number of nitrogens with zero attached hydrogens (tertiary/aromatic N) is 2. The Hall–Kier alpha value is -3.06. The second-order valence-corrected chi connectivity index (χ2v) is 6.42. The van der Waals surface area contributed by atoms with E-state index < -0.39 is 23.4 Å². The molecule has 0 aliphatic heterocycles. The van der Waals surface area contributed by atoms with Crippen molar-refractivity contribution in [1.29, 1.82) is 0 Å². The Morgan fingerprint density at radius 3 is 2.57 bits per heavy atom. The number of rotatable bonds is 6. The molecule has 0 saturated carbocycles. The summed E-state index contributed by atoms with van der Waals surface area (Å²) in [5.74, 6) is -3.21. The quantitative estimate of drug-likeness (QED) is 0.650. The van der Waals surface area contributed by atoms with E-state index in [1.807, 2.05) is 12.1 Å². The lowest BCUT2D eigenvalue weighted by Crippen LogP contribution is -2.12. The van der Waals surface area contributed by atoms with E-state index in [9.17, 15) is 18.7 Å². The van der Waals surface area contributed by atoms with Gasteiger partial charge in [0.05, 0.1) is 0 Å². The fourth-order valence-corrected chi connectivity index (χ4v) is 2.81. The van der Waals surface area contributed by atoms with E-state index >= 15 is 0 Å². The Bertz CT molecular complexity index is 1040. The van der Waals surface area contributed by atoms with Crippen molar-refractivity contribution in [1.82, 2.24) is 9.97 Å². The molecule has 0 saturated heterocycles. The van der Waals surface area contributed by atoms with E-state index in [4.69, 9.17) is 16.3 Å². The summed E-state index contributed by atoms with van der Waals surface area (Å²) in [7, 11) is 0. The van der Waals surface area contributed by atoms with Gasteiger partial charge in [0, 0.05) is 34.3 Å². The maximum Gasteiger partial charge on any atom is 0.374 e. The van der Waals surface area contributed by atoms with Gasteiger partial charge in [0.2, 0.25) is 11.7 Å². The van der Waals surface area contributed by atoms with Crippen molar-refractivity contribution in [3.05, 3.63) is 87.3 Å². The van der Waals surface area contributed by atoms with Crippen molar-refractivity contribution >= 4 is 17.6 Å². The van der Waals surface area contributed by atoms with E-state index in [1.165, 1.54) is 6.07 Å². The smallest absolute Gasteiger partial charge is 0.374 e. The van der Waals surface area contributed by atoms with Gasteiger partial charge in [0.15, 0.2) is 0 Å². The van der Waals surface area contributed by atoms with Gasteiger partial charge in [0.1, 0.15) is 18.2 Å². The molecule has 8 heteroatoms. The minimum absolute atomic E-state index is 0.00791. The Kier molecular flexibility index (Phi) is 5.84. The number of carboxylic acids is 1. The Labute approximate surface area is 164 Å². The van der Waals surface area contributed by atoms with Gasteiger partial charge in [-0.15, -0.1) is 0 Å². The molecule has 0 bridgehead atoms. The van der Waals surface area contributed by atoms with Crippen LogP contribution in [0.3, 0.4) is 0 Å². The van der Waals surface area contributed by atoms with Gasteiger partial charge in [-0.25, -0.2) is 18.6 Å². The normalized spacial score (nSPS) is 10.7. The van der Waals surface area contributed by atoms with E-state index in [-0.39, 0.29) is 18.1 Å². The average Bonchev–Trinajstić information content (AvgIpc) is 2.64. The van der Waals surface area contributed by atoms with Crippen molar-refractivity contribution in [2.45, 2.75) is 20.0 Å². The zero-order valence-corrected chi connectivity index (χ0v) is 15.5. The monoisotopic (exact) mass is 404 g/mol. The van der Waals surface area contributed by atoms with E-state index in [0.717, 1.165) is 17.7 Å². The van der Waals surface area contributed by atoms with Crippen LogP contribution in [0.25, 0.3) is 0 Å². The minimum atomic E-state index is -1.31. The van der Waals surface area contributed by atoms with Gasteiger partial charge in [-0.1, -0.05) is 29.8 Å². The number of hydrogen-bond donors (Lipinski definition) is 1. The second kappa shape index (κ2) is 8.31. The molecular weight excluding hydrogens is 390 g/mol. The lowest BCUT2D eigenvalue weighted by atomic mass is 10.0. The van der Waals surface area contributed by atoms with Crippen molar-refractivity contribution < 1.29 is 23.4 Å². The summed E-state index contributed by atoms with van der Waals surface area (Å²) in [5, 5.41) is 9.74. The Morgan fingerprint density at radius 1 is 1.14 bits per heavy atom. The first-order valence-electron chi connectivity index (χ1n) is 8.26. The van der Waals surface area contributed by atoms with Gasteiger partial charge in [-0.3, -0.25) is 0 Å². The first-order chi connectivity index (χ1) is 13.3. The first kappa shape index (κ1) is 19.7. The highest BCUT2D eigenvalue weighted by Crippen LogP contribution is 2.27. The molecule has 0 atom stereocenters. The largest absolute Gasteiger partial charge is 0.475 e. The number of carboxylic acid groups (broad SMARTS) is 1. The molecule has 0 aliphatic rings. The van der Waals surface area contributed by atoms with E-state index in [1.54, 1.807) is 19.1 Å². The lowest BCUT2D eigenvalue weighted by molar-refractivity contribution is 0.0681. The van der Waals surface area contributed by atoms with Gasteiger partial charge in [-0.2, -0.15) is 4.98 Å². The fourth-order valence-electron chi connectivity index (χ4n) is 2.61.